The summed E-state index contributed by atoms with van der Waals surface area (Å²) in [6.07, 6.45) is -0.0112. The number of carbonyl (C=O) groups excluding carboxylic acids is 1. The molecule has 0 spiro atoms. The molecule has 2 N–H and O–H groups in total. The van der Waals surface area contributed by atoms with Crippen molar-refractivity contribution in [3.05, 3.63) is 29.3 Å². The molecule has 4 nitrogen and oxygen atoms in total. The fourth-order valence-corrected chi connectivity index (χ4v) is 1.45. The van der Waals surface area contributed by atoms with Crippen LogP contribution < -0.4 is 5.32 Å². The van der Waals surface area contributed by atoms with Gasteiger partial charge in [0.2, 0.25) is 5.91 Å². The fraction of sp³-hybridized carbons (Fsp3) is 0.385. The summed E-state index contributed by atoms with van der Waals surface area (Å²) in [6, 6.07) is 5.63. The van der Waals surface area contributed by atoms with Gasteiger partial charge < -0.3 is 10.4 Å². The van der Waals surface area contributed by atoms with Crippen LogP contribution in [0.25, 0.3) is 0 Å². The lowest BCUT2D eigenvalue weighted by molar-refractivity contribution is -0.142. The van der Waals surface area contributed by atoms with Gasteiger partial charge in [-0.15, -0.1) is 0 Å². The SMILES string of the molecule is Cc1cccc(NC(=O)CC(C)C(=O)O)c1C. The molecule has 4 heteroatoms. The Labute approximate surface area is 101 Å². The van der Waals surface area contributed by atoms with E-state index in [2.05, 4.69) is 5.32 Å². The number of carboxylic acids is 1. The topological polar surface area (TPSA) is 66.4 Å². The molecule has 0 radical (unpaired) electrons. The minimum absolute atomic E-state index is 0.0112. The van der Waals surface area contributed by atoms with Crippen LogP contribution in [0.5, 0.6) is 0 Å². The average molecular weight is 235 g/mol. The molecule has 0 saturated heterocycles. The Morgan fingerprint density at radius 1 is 1.35 bits per heavy atom. The van der Waals surface area contributed by atoms with Crippen molar-refractivity contribution in [2.24, 2.45) is 5.92 Å². The molecule has 0 aliphatic rings. The van der Waals surface area contributed by atoms with E-state index in [0.29, 0.717) is 0 Å². The number of hydrogen-bond donors (Lipinski definition) is 2. The van der Waals surface area contributed by atoms with Crippen LogP contribution >= 0.6 is 0 Å². The Balaban J connectivity index is 2.69. The van der Waals surface area contributed by atoms with E-state index in [0.717, 1.165) is 16.8 Å². The van der Waals surface area contributed by atoms with Crippen molar-refractivity contribution in [3.63, 3.8) is 0 Å². The summed E-state index contributed by atoms with van der Waals surface area (Å²) in [6.45, 7) is 5.40. The number of aryl methyl sites for hydroxylation is 1. The Bertz CT molecular complexity index is 440. The van der Waals surface area contributed by atoms with E-state index in [-0.39, 0.29) is 12.3 Å². The first kappa shape index (κ1) is 13.2. The van der Waals surface area contributed by atoms with Crippen molar-refractivity contribution in [2.45, 2.75) is 27.2 Å². The van der Waals surface area contributed by atoms with Gasteiger partial charge in [-0.05, 0) is 31.0 Å². The normalized spacial score (nSPS) is 11.9. The van der Waals surface area contributed by atoms with E-state index in [1.165, 1.54) is 6.92 Å². The molecule has 1 amide bonds. The first-order valence-electron chi connectivity index (χ1n) is 5.50. The summed E-state index contributed by atoms with van der Waals surface area (Å²) in [4.78, 5) is 22.2. The maximum Gasteiger partial charge on any atom is 0.306 e. The number of benzene rings is 1. The maximum absolute atomic E-state index is 11.6. The Hall–Kier alpha value is -1.84. The highest BCUT2D eigenvalue weighted by atomic mass is 16.4. The zero-order chi connectivity index (χ0) is 13.0. The van der Waals surface area contributed by atoms with Crippen molar-refractivity contribution in [1.29, 1.82) is 0 Å². The van der Waals surface area contributed by atoms with Gasteiger partial charge in [-0.3, -0.25) is 9.59 Å². The molecule has 0 aliphatic heterocycles. The second-order valence-corrected chi connectivity index (χ2v) is 4.24. The predicted octanol–water partition coefficient (Wildman–Crippen LogP) is 2.35. The second-order valence-electron chi connectivity index (χ2n) is 4.24. The van der Waals surface area contributed by atoms with Crippen LogP contribution in [-0.2, 0) is 9.59 Å². The highest BCUT2D eigenvalue weighted by Crippen LogP contribution is 2.18. The third-order valence-corrected chi connectivity index (χ3v) is 2.79. The van der Waals surface area contributed by atoms with Crippen LogP contribution in [-0.4, -0.2) is 17.0 Å². The van der Waals surface area contributed by atoms with Crippen LogP contribution in [0.2, 0.25) is 0 Å². The largest absolute Gasteiger partial charge is 0.481 e. The molecule has 0 heterocycles. The number of rotatable bonds is 4. The molecular weight excluding hydrogens is 218 g/mol. The number of anilines is 1. The van der Waals surface area contributed by atoms with Crippen molar-refractivity contribution in [1.82, 2.24) is 0 Å². The van der Waals surface area contributed by atoms with Gasteiger partial charge in [0.1, 0.15) is 0 Å². The van der Waals surface area contributed by atoms with Crippen molar-refractivity contribution in [2.75, 3.05) is 5.32 Å². The van der Waals surface area contributed by atoms with Gasteiger partial charge in [0.25, 0.3) is 0 Å². The maximum atomic E-state index is 11.6. The monoisotopic (exact) mass is 235 g/mol. The Morgan fingerprint density at radius 2 is 2.00 bits per heavy atom. The molecule has 0 aromatic heterocycles. The fourth-order valence-electron chi connectivity index (χ4n) is 1.45. The van der Waals surface area contributed by atoms with E-state index in [9.17, 15) is 9.59 Å². The molecule has 1 atom stereocenters. The van der Waals surface area contributed by atoms with Crippen LogP contribution in [0.3, 0.4) is 0 Å². The first-order chi connectivity index (χ1) is 7.91. The highest BCUT2D eigenvalue weighted by molar-refractivity contribution is 5.93. The average Bonchev–Trinajstić information content (AvgIpc) is 2.24. The van der Waals surface area contributed by atoms with Crippen LogP contribution in [0.4, 0.5) is 5.69 Å². The first-order valence-corrected chi connectivity index (χ1v) is 5.50. The zero-order valence-electron chi connectivity index (χ0n) is 10.3. The number of carboxylic acid groups (broad SMARTS) is 1. The van der Waals surface area contributed by atoms with E-state index >= 15 is 0 Å². The number of nitrogens with one attached hydrogen (secondary N) is 1. The van der Waals surface area contributed by atoms with Gasteiger partial charge in [0, 0.05) is 12.1 Å². The third kappa shape index (κ3) is 3.59. The third-order valence-electron chi connectivity index (χ3n) is 2.79. The van der Waals surface area contributed by atoms with E-state index in [1.54, 1.807) is 0 Å². The molecule has 1 aromatic carbocycles. The molecule has 0 saturated carbocycles. The van der Waals surface area contributed by atoms with Gasteiger partial charge in [0.05, 0.1) is 5.92 Å². The number of carbonyl (C=O) groups is 2. The smallest absolute Gasteiger partial charge is 0.306 e. The molecule has 0 aliphatic carbocycles. The highest BCUT2D eigenvalue weighted by Gasteiger charge is 2.16. The molecular formula is C13H17NO3. The summed E-state index contributed by atoms with van der Waals surface area (Å²) in [5.74, 6) is -1.89. The lowest BCUT2D eigenvalue weighted by Crippen LogP contribution is -2.20. The molecule has 1 rings (SSSR count). The number of hydrogen-bond acceptors (Lipinski definition) is 2. The molecule has 92 valence electrons. The van der Waals surface area contributed by atoms with Gasteiger partial charge >= 0.3 is 5.97 Å². The molecule has 0 bridgehead atoms. The summed E-state index contributed by atoms with van der Waals surface area (Å²) in [5.41, 5.74) is 2.84. The van der Waals surface area contributed by atoms with E-state index in [1.807, 2.05) is 32.0 Å². The number of aliphatic carboxylic acids is 1. The van der Waals surface area contributed by atoms with Crippen LogP contribution in [0.1, 0.15) is 24.5 Å². The van der Waals surface area contributed by atoms with Gasteiger partial charge in [-0.2, -0.15) is 0 Å². The predicted molar refractivity (Wildman–Crippen MR) is 66.0 cm³/mol. The summed E-state index contributed by atoms with van der Waals surface area (Å²) >= 11 is 0. The Kier molecular flexibility index (Phi) is 4.26. The minimum atomic E-state index is -0.957. The summed E-state index contributed by atoms with van der Waals surface area (Å²) in [5, 5.41) is 11.5. The van der Waals surface area contributed by atoms with Gasteiger partial charge in [-0.25, -0.2) is 0 Å². The van der Waals surface area contributed by atoms with Gasteiger partial charge in [0.15, 0.2) is 0 Å². The summed E-state index contributed by atoms with van der Waals surface area (Å²) in [7, 11) is 0. The lowest BCUT2D eigenvalue weighted by Gasteiger charge is -2.11. The molecule has 0 fully saturated rings. The zero-order valence-corrected chi connectivity index (χ0v) is 10.3. The van der Waals surface area contributed by atoms with Crippen molar-refractivity contribution in [3.8, 4) is 0 Å². The van der Waals surface area contributed by atoms with Gasteiger partial charge in [-0.1, -0.05) is 19.1 Å². The van der Waals surface area contributed by atoms with Crippen molar-refractivity contribution < 1.29 is 14.7 Å². The van der Waals surface area contributed by atoms with E-state index in [4.69, 9.17) is 5.11 Å². The lowest BCUT2D eigenvalue weighted by atomic mass is 10.1. The molecule has 1 aromatic rings. The Morgan fingerprint density at radius 3 is 2.59 bits per heavy atom. The van der Waals surface area contributed by atoms with Crippen molar-refractivity contribution >= 4 is 17.6 Å². The van der Waals surface area contributed by atoms with Crippen LogP contribution in [0, 0.1) is 19.8 Å². The summed E-state index contributed by atoms with van der Waals surface area (Å²) < 4.78 is 0. The number of amides is 1. The second kappa shape index (κ2) is 5.48. The van der Waals surface area contributed by atoms with Crippen LogP contribution in [0.15, 0.2) is 18.2 Å². The molecule has 1 unspecified atom stereocenters. The molecule has 17 heavy (non-hydrogen) atoms. The van der Waals surface area contributed by atoms with E-state index < -0.39 is 11.9 Å². The minimum Gasteiger partial charge on any atom is -0.481 e. The standard InChI is InChI=1S/C13H17NO3/c1-8-5-4-6-11(10(8)3)14-12(15)7-9(2)13(16)17/h4-6,9H,7H2,1-3H3,(H,14,15)(H,16,17). The quantitative estimate of drug-likeness (QED) is 0.841.